The lowest BCUT2D eigenvalue weighted by Crippen LogP contribution is -2.54. The fourth-order valence-corrected chi connectivity index (χ4v) is 5.24. The van der Waals surface area contributed by atoms with Gasteiger partial charge in [0.15, 0.2) is 0 Å². The van der Waals surface area contributed by atoms with Gasteiger partial charge in [-0.25, -0.2) is 4.39 Å². The number of nitrogens with zero attached hydrogens (tertiary/aromatic N) is 1. The van der Waals surface area contributed by atoms with Crippen LogP contribution >= 0.6 is 0 Å². The standard InChI is InChI=1S/C22H29FN2O/c1-14(19-13-24-20-10-9-17(23)12-18(19)20)11-22(26)25-15(2)7-8-16-5-3-4-6-21(16)25/h9-10,12-16,21,24H,3-8,11H2,1-2H3. The Morgan fingerprint density at radius 1 is 1.27 bits per heavy atom. The minimum absolute atomic E-state index is 0.0780. The summed E-state index contributed by atoms with van der Waals surface area (Å²) >= 11 is 0. The third kappa shape index (κ3) is 3.15. The van der Waals surface area contributed by atoms with E-state index in [0.29, 0.717) is 24.4 Å². The van der Waals surface area contributed by atoms with E-state index in [2.05, 4.69) is 23.7 Å². The number of halogens is 1. The predicted molar refractivity (Wildman–Crippen MR) is 103 cm³/mol. The van der Waals surface area contributed by atoms with Gasteiger partial charge in [0.05, 0.1) is 0 Å². The Kier molecular flexibility index (Phi) is 4.76. The van der Waals surface area contributed by atoms with Crippen molar-refractivity contribution in [2.24, 2.45) is 5.92 Å². The summed E-state index contributed by atoms with van der Waals surface area (Å²) in [4.78, 5) is 18.6. The number of amides is 1. The fraction of sp³-hybridized carbons (Fsp3) is 0.591. The highest BCUT2D eigenvalue weighted by molar-refractivity contribution is 5.85. The lowest BCUT2D eigenvalue weighted by molar-refractivity contribution is -0.141. The first kappa shape index (κ1) is 17.6. The highest BCUT2D eigenvalue weighted by Gasteiger charge is 2.39. The van der Waals surface area contributed by atoms with Crippen molar-refractivity contribution in [2.45, 2.75) is 76.8 Å². The van der Waals surface area contributed by atoms with Crippen molar-refractivity contribution in [1.82, 2.24) is 9.88 Å². The number of fused-ring (bicyclic) bond motifs is 2. The number of aromatic nitrogens is 1. The summed E-state index contributed by atoms with van der Waals surface area (Å²) in [6, 6.07) is 5.59. The van der Waals surface area contributed by atoms with Crippen LogP contribution < -0.4 is 0 Å². The van der Waals surface area contributed by atoms with Gasteiger partial charge >= 0.3 is 0 Å². The van der Waals surface area contributed by atoms with Gasteiger partial charge in [-0.05, 0) is 68.2 Å². The molecule has 4 heteroatoms. The first-order chi connectivity index (χ1) is 12.5. The van der Waals surface area contributed by atoms with Gasteiger partial charge in [-0.15, -0.1) is 0 Å². The maximum atomic E-state index is 13.7. The first-order valence-corrected chi connectivity index (χ1v) is 10.1. The molecule has 3 nitrogen and oxygen atoms in total. The van der Waals surface area contributed by atoms with Crippen LogP contribution in [0.2, 0.25) is 0 Å². The molecule has 0 radical (unpaired) electrons. The molecule has 1 amide bonds. The average Bonchev–Trinajstić information content (AvgIpc) is 3.04. The van der Waals surface area contributed by atoms with Gasteiger partial charge in [-0.2, -0.15) is 0 Å². The molecule has 2 aromatic rings. The molecular weight excluding hydrogens is 327 g/mol. The molecule has 1 aliphatic heterocycles. The van der Waals surface area contributed by atoms with Crippen molar-refractivity contribution in [1.29, 1.82) is 0 Å². The molecule has 140 valence electrons. The number of aromatic amines is 1. The van der Waals surface area contributed by atoms with Gasteiger partial charge in [-0.3, -0.25) is 4.79 Å². The van der Waals surface area contributed by atoms with Crippen molar-refractivity contribution >= 4 is 16.8 Å². The number of nitrogens with one attached hydrogen (secondary N) is 1. The second-order valence-corrected chi connectivity index (χ2v) is 8.38. The molecule has 2 fully saturated rings. The highest BCUT2D eigenvalue weighted by atomic mass is 19.1. The first-order valence-electron chi connectivity index (χ1n) is 10.1. The number of H-pyrrole nitrogens is 1. The summed E-state index contributed by atoms with van der Waals surface area (Å²) in [5.74, 6) is 0.814. The Bertz CT molecular complexity index is 799. The largest absolute Gasteiger partial charge is 0.361 e. The van der Waals surface area contributed by atoms with E-state index in [1.165, 1.54) is 31.7 Å². The maximum absolute atomic E-state index is 13.7. The summed E-state index contributed by atoms with van der Waals surface area (Å²) in [6.45, 7) is 4.28. The van der Waals surface area contributed by atoms with Crippen LogP contribution in [0.1, 0.15) is 70.3 Å². The number of benzene rings is 1. The quantitative estimate of drug-likeness (QED) is 0.788. The van der Waals surface area contributed by atoms with E-state index in [-0.39, 0.29) is 17.6 Å². The van der Waals surface area contributed by atoms with Crippen LogP contribution in [0.25, 0.3) is 10.9 Å². The van der Waals surface area contributed by atoms with Crippen LogP contribution in [0, 0.1) is 11.7 Å². The van der Waals surface area contributed by atoms with Gasteiger partial charge in [0, 0.05) is 35.6 Å². The molecule has 2 aliphatic rings. The van der Waals surface area contributed by atoms with E-state index in [4.69, 9.17) is 0 Å². The Morgan fingerprint density at radius 3 is 2.92 bits per heavy atom. The second-order valence-electron chi connectivity index (χ2n) is 8.38. The Labute approximate surface area is 155 Å². The lowest BCUT2D eigenvalue weighted by atomic mass is 9.76. The highest BCUT2D eigenvalue weighted by Crippen LogP contribution is 2.39. The van der Waals surface area contributed by atoms with E-state index in [1.54, 1.807) is 12.1 Å². The Hall–Kier alpha value is -1.84. The van der Waals surface area contributed by atoms with Crippen molar-refractivity contribution in [3.05, 3.63) is 35.8 Å². The SMILES string of the molecule is CC(CC(=O)N1C(C)CCC2CCCCC21)c1c[nH]c2ccc(F)cc12. The third-order valence-corrected chi connectivity index (χ3v) is 6.63. The van der Waals surface area contributed by atoms with Crippen LogP contribution in [-0.4, -0.2) is 27.9 Å². The molecule has 1 aromatic heterocycles. The van der Waals surface area contributed by atoms with Gasteiger partial charge in [0.1, 0.15) is 5.82 Å². The number of piperidine rings is 1. The van der Waals surface area contributed by atoms with Crippen molar-refractivity contribution < 1.29 is 9.18 Å². The predicted octanol–water partition coefficient (Wildman–Crippen LogP) is 5.37. The smallest absolute Gasteiger partial charge is 0.223 e. The van der Waals surface area contributed by atoms with Gasteiger partial charge < -0.3 is 9.88 Å². The molecule has 1 aliphatic carbocycles. The minimum Gasteiger partial charge on any atom is -0.361 e. The summed E-state index contributed by atoms with van der Waals surface area (Å²) < 4.78 is 13.7. The summed E-state index contributed by atoms with van der Waals surface area (Å²) in [7, 11) is 0. The molecule has 1 saturated heterocycles. The zero-order valence-corrected chi connectivity index (χ0v) is 15.8. The molecule has 4 rings (SSSR count). The van der Waals surface area contributed by atoms with Crippen LogP contribution in [0.15, 0.2) is 24.4 Å². The summed E-state index contributed by atoms with van der Waals surface area (Å²) in [5.41, 5.74) is 1.97. The topological polar surface area (TPSA) is 36.1 Å². The fourth-order valence-electron chi connectivity index (χ4n) is 5.24. The van der Waals surface area contributed by atoms with Crippen LogP contribution in [-0.2, 0) is 4.79 Å². The molecule has 4 atom stereocenters. The van der Waals surface area contributed by atoms with E-state index in [1.807, 2.05) is 6.20 Å². The molecule has 0 bridgehead atoms. The van der Waals surface area contributed by atoms with Gasteiger partial charge in [0.25, 0.3) is 0 Å². The molecule has 0 spiro atoms. The van der Waals surface area contributed by atoms with E-state index in [0.717, 1.165) is 29.3 Å². The molecule has 1 N–H and O–H groups in total. The Balaban J connectivity index is 1.53. The van der Waals surface area contributed by atoms with Crippen LogP contribution in [0.5, 0.6) is 0 Å². The minimum atomic E-state index is -0.230. The number of likely N-dealkylation sites (tertiary alicyclic amines) is 1. The average molecular weight is 356 g/mol. The number of hydrogen-bond acceptors (Lipinski definition) is 1. The molecule has 1 saturated carbocycles. The summed E-state index contributed by atoms with van der Waals surface area (Å²) in [6.07, 6.45) is 9.82. The normalized spacial score (nSPS) is 27.3. The molecule has 4 unspecified atom stereocenters. The van der Waals surface area contributed by atoms with Crippen LogP contribution in [0.4, 0.5) is 4.39 Å². The Morgan fingerprint density at radius 2 is 2.08 bits per heavy atom. The molecule has 26 heavy (non-hydrogen) atoms. The number of carbonyl (C=O) groups is 1. The van der Waals surface area contributed by atoms with Crippen LogP contribution in [0.3, 0.4) is 0 Å². The zero-order chi connectivity index (χ0) is 18.3. The monoisotopic (exact) mass is 356 g/mol. The number of rotatable bonds is 3. The van der Waals surface area contributed by atoms with Gasteiger partial charge in [0.2, 0.25) is 5.91 Å². The van der Waals surface area contributed by atoms with E-state index in [9.17, 15) is 9.18 Å². The molecule has 2 heterocycles. The van der Waals surface area contributed by atoms with Crippen molar-refractivity contribution in [3.63, 3.8) is 0 Å². The number of hydrogen-bond donors (Lipinski definition) is 1. The zero-order valence-electron chi connectivity index (χ0n) is 15.8. The second kappa shape index (κ2) is 7.05. The summed E-state index contributed by atoms with van der Waals surface area (Å²) in [5, 5.41) is 0.896. The molecular formula is C22H29FN2O. The number of carbonyl (C=O) groups excluding carboxylic acids is 1. The third-order valence-electron chi connectivity index (χ3n) is 6.63. The van der Waals surface area contributed by atoms with Gasteiger partial charge in [-0.1, -0.05) is 19.8 Å². The van der Waals surface area contributed by atoms with E-state index < -0.39 is 0 Å². The maximum Gasteiger partial charge on any atom is 0.223 e. The van der Waals surface area contributed by atoms with Crippen molar-refractivity contribution in [3.8, 4) is 0 Å². The molecule has 1 aromatic carbocycles. The van der Waals surface area contributed by atoms with E-state index >= 15 is 0 Å². The lowest BCUT2D eigenvalue weighted by Gasteiger charge is -2.48. The van der Waals surface area contributed by atoms with Crippen molar-refractivity contribution in [2.75, 3.05) is 0 Å².